The third kappa shape index (κ3) is 2.86. The molecule has 3 heterocycles. The first-order valence-corrected chi connectivity index (χ1v) is 8.82. The minimum absolute atomic E-state index is 0.0443. The number of amides is 1. The van der Waals surface area contributed by atoms with Crippen LogP contribution in [0.3, 0.4) is 0 Å². The van der Waals surface area contributed by atoms with Gasteiger partial charge in [-0.05, 0) is 19.1 Å². The Morgan fingerprint density at radius 3 is 2.81 bits per heavy atom. The molecule has 2 aromatic rings. The molecule has 1 amide bonds. The summed E-state index contributed by atoms with van der Waals surface area (Å²) in [6.07, 6.45) is 0.613. The van der Waals surface area contributed by atoms with Crippen LogP contribution in [0.5, 0.6) is 0 Å². The molecule has 2 aliphatic heterocycles. The predicted octanol–water partition coefficient (Wildman–Crippen LogP) is 1.10. The molecule has 142 valence electrons. The number of anilines is 1. The number of aryl methyl sites for hydroxylation is 1. The van der Waals surface area contributed by atoms with Gasteiger partial charge in [-0.3, -0.25) is 9.36 Å². The van der Waals surface area contributed by atoms with E-state index in [1.807, 2.05) is 13.0 Å². The van der Waals surface area contributed by atoms with Crippen LogP contribution in [-0.2, 0) is 9.47 Å². The Morgan fingerprint density at radius 1 is 1.41 bits per heavy atom. The van der Waals surface area contributed by atoms with Gasteiger partial charge in [0, 0.05) is 23.2 Å². The zero-order valence-electron chi connectivity index (χ0n) is 15.1. The number of carbonyl (C=O) groups excluding carboxylic acids is 1. The van der Waals surface area contributed by atoms with Gasteiger partial charge in [0.05, 0.1) is 13.2 Å². The lowest BCUT2D eigenvalue weighted by Gasteiger charge is -2.30. The molecular formula is C19H21N3O5. The lowest BCUT2D eigenvalue weighted by atomic mass is 9.91. The van der Waals surface area contributed by atoms with Crippen molar-refractivity contribution in [1.29, 1.82) is 0 Å². The Balaban J connectivity index is 1.60. The van der Waals surface area contributed by atoms with Gasteiger partial charge < -0.3 is 19.9 Å². The fourth-order valence-corrected chi connectivity index (χ4v) is 3.68. The van der Waals surface area contributed by atoms with Gasteiger partial charge in [-0.15, -0.1) is 0 Å². The summed E-state index contributed by atoms with van der Waals surface area (Å²) in [5.41, 5.74) is -0.240. The summed E-state index contributed by atoms with van der Waals surface area (Å²) in [5.74, 6) is -0.174. The number of aromatic nitrogens is 2. The number of aliphatic hydroxyl groups excluding tert-OH is 1. The summed E-state index contributed by atoms with van der Waals surface area (Å²) < 4.78 is 13.1. The molecule has 2 fully saturated rings. The fraction of sp³-hybridized carbons (Fsp3) is 0.421. The highest BCUT2D eigenvalue weighted by atomic mass is 16.6. The first kappa shape index (κ1) is 17.8. The topological polar surface area (TPSA) is 103 Å². The first-order valence-electron chi connectivity index (χ1n) is 8.82. The molecule has 0 saturated carbocycles. The average molecular weight is 371 g/mol. The molecule has 1 aromatic carbocycles. The molecule has 1 aromatic heterocycles. The van der Waals surface area contributed by atoms with E-state index in [-0.39, 0.29) is 30.4 Å². The van der Waals surface area contributed by atoms with Crippen molar-refractivity contribution in [2.75, 3.05) is 18.5 Å². The Bertz CT molecular complexity index is 929. The van der Waals surface area contributed by atoms with E-state index >= 15 is 0 Å². The summed E-state index contributed by atoms with van der Waals surface area (Å²) in [5, 5.41) is 12.4. The summed E-state index contributed by atoms with van der Waals surface area (Å²) in [6, 6.07) is 8.71. The largest absolute Gasteiger partial charge is 0.393 e. The minimum Gasteiger partial charge on any atom is -0.393 e. The van der Waals surface area contributed by atoms with Crippen LogP contribution in [0, 0.1) is 12.8 Å². The van der Waals surface area contributed by atoms with E-state index in [1.54, 1.807) is 37.4 Å². The summed E-state index contributed by atoms with van der Waals surface area (Å²) >= 11 is 0. The number of fused-ring (bicyclic) bond motifs is 2. The van der Waals surface area contributed by atoms with Crippen molar-refractivity contribution in [3.05, 3.63) is 58.1 Å². The minimum atomic E-state index is -0.789. The fourth-order valence-electron chi connectivity index (χ4n) is 3.68. The Labute approximate surface area is 155 Å². The molecule has 8 heteroatoms. The molecule has 27 heavy (non-hydrogen) atoms. The van der Waals surface area contributed by atoms with Crippen LogP contribution in [0.25, 0.3) is 0 Å². The van der Waals surface area contributed by atoms with Gasteiger partial charge in [0.25, 0.3) is 5.91 Å². The molecule has 4 rings (SSSR count). The van der Waals surface area contributed by atoms with E-state index in [2.05, 4.69) is 10.3 Å². The molecule has 2 N–H and O–H groups in total. The van der Waals surface area contributed by atoms with Crippen molar-refractivity contribution in [3.8, 4) is 0 Å². The van der Waals surface area contributed by atoms with E-state index in [9.17, 15) is 14.7 Å². The van der Waals surface area contributed by atoms with E-state index in [4.69, 9.17) is 9.47 Å². The van der Waals surface area contributed by atoms with Crippen molar-refractivity contribution < 1.29 is 19.4 Å². The van der Waals surface area contributed by atoms with Crippen LogP contribution >= 0.6 is 0 Å². The zero-order chi connectivity index (χ0) is 19.2. The SMILES string of the molecule is Cc1cn([C@@H]2O[C@@]3(CO)CO[C@H]2C3C)c(=O)nc1NC(=O)c1ccccc1. The van der Waals surface area contributed by atoms with Gasteiger partial charge >= 0.3 is 5.69 Å². The van der Waals surface area contributed by atoms with Crippen molar-refractivity contribution in [2.45, 2.75) is 31.8 Å². The van der Waals surface area contributed by atoms with Gasteiger partial charge in [0.15, 0.2) is 6.23 Å². The Morgan fingerprint density at radius 2 is 2.15 bits per heavy atom. The maximum absolute atomic E-state index is 12.6. The number of carbonyl (C=O) groups is 1. The molecule has 0 spiro atoms. The number of hydrogen-bond donors (Lipinski definition) is 2. The summed E-state index contributed by atoms with van der Waals surface area (Å²) in [6.45, 7) is 3.82. The van der Waals surface area contributed by atoms with Gasteiger partial charge in [0.2, 0.25) is 0 Å². The van der Waals surface area contributed by atoms with Crippen molar-refractivity contribution >= 4 is 11.7 Å². The standard InChI is InChI=1S/C19H21N3O5/c1-11-8-22(17-14-12(2)19(9-23,27-17)10-26-14)18(25)21-15(11)20-16(24)13-6-4-3-5-7-13/h3-8,12,14,17,23H,9-10H2,1-2H3,(H,20,21,24,25)/t12?,14-,17+,19-/m0/s1. The third-order valence-electron chi connectivity index (χ3n) is 5.42. The van der Waals surface area contributed by atoms with Crippen molar-refractivity contribution in [2.24, 2.45) is 5.92 Å². The van der Waals surface area contributed by atoms with E-state index < -0.39 is 17.5 Å². The number of nitrogens with one attached hydrogen (secondary N) is 1. The van der Waals surface area contributed by atoms with Gasteiger partial charge in [-0.25, -0.2) is 4.79 Å². The Kier molecular flexibility index (Phi) is 4.33. The van der Waals surface area contributed by atoms with E-state index in [0.717, 1.165) is 0 Å². The summed E-state index contributed by atoms with van der Waals surface area (Å²) in [7, 11) is 0. The molecule has 4 atom stereocenters. The van der Waals surface area contributed by atoms with Crippen LogP contribution in [0.2, 0.25) is 0 Å². The van der Waals surface area contributed by atoms with Crippen molar-refractivity contribution in [3.63, 3.8) is 0 Å². The van der Waals surface area contributed by atoms with Crippen LogP contribution in [0.1, 0.15) is 29.1 Å². The van der Waals surface area contributed by atoms with Crippen LogP contribution in [0.15, 0.2) is 41.3 Å². The number of ether oxygens (including phenoxy) is 2. The number of rotatable bonds is 4. The molecule has 0 radical (unpaired) electrons. The average Bonchev–Trinajstić information content (AvgIpc) is 3.15. The molecule has 2 bridgehead atoms. The molecule has 2 saturated heterocycles. The quantitative estimate of drug-likeness (QED) is 0.834. The second kappa shape index (κ2) is 6.56. The maximum Gasteiger partial charge on any atom is 0.351 e. The van der Waals surface area contributed by atoms with E-state index in [1.165, 1.54) is 4.57 Å². The molecular weight excluding hydrogens is 350 g/mol. The molecule has 8 nitrogen and oxygen atoms in total. The number of nitrogens with zero attached hydrogens (tertiary/aromatic N) is 2. The zero-order valence-corrected chi connectivity index (χ0v) is 15.1. The highest BCUT2D eigenvalue weighted by Crippen LogP contribution is 2.48. The van der Waals surface area contributed by atoms with Crippen molar-refractivity contribution in [1.82, 2.24) is 9.55 Å². The predicted molar refractivity (Wildman–Crippen MR) is 96.5 cm³/mol. The smallest absolute Gasteiger partial charge is 0.351 e. The third-order valence-corrected chi connectivity index (χ3v) is 5.42. The van der Waals surface area contributed by atoms with Crippen LogP contribution in [-0.4, -0.2) is 45.5 Å². The van der Waals surface area contributed by atoms with E-state index in [0.29, 0.717) is 17.7 Å². The second-order valence-corrected chi connectivity index (χ2v) is 7.08. The molecule has 1 unspecified atom stereocenters. The lowest BCUT2D eigenvalue weighted by Crippen LogP contribution is -2.42. The van der Waals surface area contributed by atoms with Crippen LogP contribution < -0.4 is 11.0 Å². The maximum atomic E-state index is 12.6. The first-order chi connectivity index (χ1) is 12.9. The summed E-state index contributed by atoms with van der Waals surface area (Å²) in [4.78, 5) is 28.9. The number of aliphatic hydroxyl groups is 1. The highest BCUT2D eigenvalue weighted by molar-refractivity contribution is 6.03. The second-order valence-electron chi connectivity index (χ2n) is 7.08. The van der Waals surface area contributed by atoms with Gasteiger partial charge in [0.1, 0.15) is 17.5 Å². The lowest BCUT2D eigenvalue weighted by molar-refractivity contribution is -0.186. The Hall–Kier alpha value is -2.55. The number of benzene rings is 1. The van der Waals surface area contributed by atoms with Crippen LogP contribution in [0.4, 0.5) is 5.82 Å². The normalized spacial score (nSPS) is 29.1. The highest BCUT2D eigenvalue weighted by Gasteiger charge is 2.59. The molecule has 2 aliphatic rings. The molecule has 0 aliphatic carbocycles. The monoisotopic (exact) mass is 371 g/mol. The van der Waals surface area contributed by atoms with Gasteiger partial charge in [-0.1, -0.05) is 25.1 Å². The number of hydrogen-bond acceptors (Lipinski definition) is 6. The van der Waals surface area contributed by atoms with Gasteiger partial charge in [-0.2, -0.15) is 4.98 Å².